The molecule has 1 aliphatic heterocycles. The zero-order valence-corrected chi connectivity index (χ0v) is 13.5. The first kappa shape index (κ1) is 16.3. The highest BCUT2D eigenvalue weighted by molar-refractivity contribution is 5.33. The summed E-state index contributed by atoms with van der Waals surface area (Å²) < 4.78 is 10.8. The van der Waals surface area contributed by atoms with Gasteiger partial charge >= 0.3 is 0 Å². The van der Waals surface area contributed by atoms with Gasteiger partial charge in [0.05, 0.1) is 20.3 Å². The molecule has 1 aromatic carbocycles. The number of nitrogens with one attached hydrogen (secondary N) is 1. The summed E-state index contributed by atoms with van der Waals surface area (Å²) in [6.07, 6.45) is 0.986. The Balaban J connectivity index is 1.77. The molecule has 1 fully saturated rings. The van der Waals surface area contributed by atoms with E-state index in [0.29, 0.717) is 12.1 Å². The number of para-hydroxylation sites is 1. The lowest BCUT2D eigenvalue weighted by Gasteiger charge is -2.33. The van der Waals surface area contributed by atoms with Crippen molar-refractivity contribution < 1.29 is 9.47 Å². The molecule has 21 heavy (non-hydrogen) atoms. The molecule has 118 valence electrons. The van der Waals surface area contributed by atoms with E-state index in [1.807, 2.05) is 12.1 Å². The quantitative estimate of drug-likeness (QED) is 0.833. The topological polar surface area (TPSA) is 33.7 Å². The molecule has 1 aromatic rings. The van der Waals surface area contributed by atoms with Gasteiger partial charge in [-0.2, -0.15) is 0 Å². The second-order valence-electron chi connectivity index (χ2n) is 5.82. The molecule has 4 heteroatoms. The molecule has 2 rings (SSSR count). The zero-order chi connectivity index (χ0) is 15.1. The number of rotatable bonds is 7. The van der Waals surface area contributed by atoms with E-state index in [0.717, 1.165) is 45.0 Å². The highest BCUT2D eigenvalue weighted by Crippen LogP contribution is 2.18. The van der Waals surface area contributed by atoms with Crippen molar-refractivity contribution in [1.82, 2.24) is 10.2 Å². The summed E-state index contributed by atoms with van der Waals surface area (Å²) >= 11 is 0. The Bertz CT molecular complexity index is 419. The Kier molecular flexibility index (Phi) is 6.49. The van der Waals surface area contributed by atoms with Crippen LogP contribution in [0.25, 0.3) is 0 Å². The number of benzene rings is 1. The second-order valence-corrected chi connectivity index (χ2v) is 5.82. The summed E-state index contributed by atoms with van der Waals surface area (Å²) in [6.45, 7) is 9.35. The van der Waals surface area contributed by atoms with Crippen LogP contribution < -0.4 is 10.1 Å². The number of ether oxygens (including phenoxy) is 2. The SMILES string of the molecule is COc1ccccc1C[C@H](C)NC[C@@H](C)N1CCOCC1. The fourth-order valence-corrected chi connectivity index (χ4v) is 2.79. The molecule has 0 radical (unpaired) electrons. The van der Waals surface area contributed by atoms with Crippen LogP contribution >= 0.6 is 0 Å². The van der Waals surface area contributed by atoms with Gasteiger partial charge in [0.25, 0.3) is 0 Å². The fourth-order valence-electron chi connectivity index (χ4n) is 2.79. The Morgan fingerprint density at radius 3 is 2.67 bits per heavy atom. The molecule has 1 N–H and O–H groups in total. The van der Waals surface area contributed by atoms with Gasteiger partial charge in [-0.05, 0) is 31.9 Å². The van der Waals surface area contributed by atoms with Gasteiger partial charge < -0.3 is 14.8 Å². The molecule has 1 heterocycles. The molecule has 2 atom stereocenters. The van der Waals surface area contributed by atoms with E-state index in [4.69, 9.17) is 9.47 Å². The van der Waals surface area contributed by atoms with Crippen LogP contribution in [0.4, 0.5) is 0 Å². The smallest absolute Gasteiger partial charge is 0.122 e. The Morgan fingerprint density at radius 2 is 1.95 bits per heavy atom. The maximum Gasteiger partial charge on any atom is 0.122 e. The maximum atomic E-state index is 5.42. The van der Waals surface area contributed by atoms with Gasteiger partial charge in [-0.3, -0.25) is 4.90 Å². The largest absolute Gasteiger partial charge is 0.496 e. The van der Waals surface area contributed by atoms with Gasteiger partial charge in [0, 0.05) is 31.7 Å². The van der Waals surface area contributed by atoms with Crippen molar-refractivity contribution in [2.24, 2.45) is 0 Å². The summed E-state index contributed by atoms with van der Waals surface area (Å²) in [5.74, 6) is 0.979. The molecule has 0 aromatic heterocycles. The normalized spacial score (nSPS) is 19.2. The van der Waals surface area contributed by atoms with Crippen LogP contribution in [0, 0.1) is 0 Å². The molecule has 4 nitrogen and oxygen atoms in total. The zero-order valence-electron chi connectivity index (χ0n) is 13.5. The Hall–Kier alpha value is -1.10. The molecule has 1 saturated heterocycles. The summed E-state index contributed by atoms with van der Waals surface area (Å²) in [4.78, 5) is 2.49. The van der Waals surface area contributed by atoms with Crippen molar-refractivity contribution in [3.63, 3.8) is 0 Å². The van der Waals surface area contributed by atoms with Gasteiger partial charge in [-0.15, -0.1) is 0 Å². The molecule has 0 bridgehead atoms. The summed E-state index contributed by atoms with van der Waals surface area (Å²) in [7, 11) is 1.73. The number of methoxy groups -OCH3 is 1. The average Bonchev–Trinajstić information content (AvgIpc) is 2.54. The standard InChI is InChI=1S/C17H28N2O2/c1-14(12-16-6-4-5-7-17(16)20-3)18-13-15(2)19-8-10-21-11-9-19/h4-7,14-15,18H,8-13H2,1-3H3/t14-,15+/m0/s1. The molecular weight excluding hydrogens is 264 g/mol. The lowest BCUT2D eigenvalue weighted by molar-refractivity contribution is 0.0200. The minimum absolute atomic E-state index is 0.435. The minimum atomic E-state index is 0.435. The third-order valence-electron chi connectivity index (χ3n) is 4.15. The van der Waals surface area contributed by atoms with E-state index in [2.05, 4.69) is 36.2 Å². The van der Waals surface area contributed by atoms with Gasteiger partial charge in [0.1, 0.15) is 5.75 Å². The van der Waals surface area contributed by atoms with Crippen molar-refractivity contribution in [3.8, 4) is 5.75 Å². The van der Waals surface area contributed by atoms with Crippen LogP contribution in [0.3, 0.4) is 0 Å². The van der Waals surface area contributed by atoms with Gasteiger partial charge in [0.2, 0.25) is 0 Å². The van der Waals surface area contributed by atoms with Crippen LogP contribution in [0.1, 0.15) is 19.4 Å². The number of morpholine rings is 1. The second kappa shape index (κ2) is 8.37. The molecule has 1 aliphatic rings. The minimum Gasteiger partial charge on any atom is -0.496 e. The van der Waals surface area contributed by atoms with Crippen molar-refractivity contribution in [1.29, 1.82) is 0 Å². The van der Waals surface area contributed by atoms with Crippen LogP contribution in [0.5, 0.6) is 5.75 Å². The van der Waals surface area contributed by atoms with E-state index in [9.17, 15) is 0 Å². The summed E-state index contributed by atoms with van der Waals surface area (Å²) in [5, 5.41) is 3.64. The van der Waals surface area contributed by atoms with Crippen LogP contribution in [-0.2, 0) is 11.2 Å². The Morgan fingerprint density at radius 1 is 1.24 bits per heavy atom. The fraction of sp³-hybridized carbons (Fsp3) is 0.647. The van der Waals surface area contributed by atoms with Gasteiger partial charge in [-0.25, -0.2) is 0 Å². The molecule has 0 saturated carbocycles. The summed E-state index contributed by atoms with van der Waals surface area (Å²) in [6, 6.07) is 9.24. The van der Waals surface area contributed by atoms with Crippen molar-refractivity contribution in [2.75, 3.05) is 40.0 Å². The number of nitrogens with zero attached hydrogens (tertiary/aromatic N) is 1. The monoisotopic (exact) mass is 292 g/mol. The molecule has 0 aliphatic carbocycles. The third kappa shape index (κ3) is 4.99. The molecule has 0 spiro atoms. The maximum absolute atomic E-state index is 5.42. The van der Waals surface area contributed by atoms with Gasteiger partial charge in [0.15, 0.2) is 0 Å². The van der Waals surface area contributed by atoms with Gasteiger partial charge in [-0.1, -0.05) is 18.2 Å². The predicted molar refractivity (Wildman–Crippen MR) is 86.0 cm³/mol. The van der Waals surface area contributed by atoms with E-state index in [1.54, 1.807) is 7.11 Å². The highest BCUT2D eigenvalue weighted by Gasteiger charge is 2.17. The number of hydrogen-bond acceptors (Lipinski definition) is 4. The average molecular weight is 292 g/mol. The van der Waals surface area contributed by atoms with Crippen molar-refractivity contribution in [2.45, 2.75) is 32.4 Å². The van der Waals surface area contributed by atoms with Crippen molar-refractivity contribution in [3.05, 3.63) is 29.8 Å². The first-order valence-electron chi connectivity index (χ1n) is 7.87. The van der Waals surface area contributed by atoms with E-state index in [1.165, 1.54) is 5.56 Å². The predicted octanol–water partition coefficient (Wildman–Crippen LogP) is 1.94. The van der Waals surface area contributed by atoms with Crippen LogP contribution in [-0.4, -0.2) is 56.9 Å². The third-order valence-corrected chi connectivity index (χ3v) is 4.15. The molecule has 0 unspecified atom stereocenters. The highest BCUT2D eigenvalue weighted by atomic mass is 16.5. The first-order chi connectivity index (χ1) is 10.2. The summed E-state index contributed by atoms with van der Waals surface area (Å²) in [5.41, 5.74) is 1.26. The first-order valence-corrected chi connectivity index (χ1v) is 7.87. The lowest BCUT2D eigenvalue weighted by Crippen LogP contribution is -2.47. The number of hydrogen-bond donors (Lipinski definition) is 1. The van der Waals surface area contributed by atoms with E-state index in [-0.39, 0.29) is 0 Å². The van der Waals surface area contributed by atoms with Crippen LogP contribution in [0.2, 0.25) is 0 Å². The Labute approximate surface area is 128 Å². The van der Waals surface area contributed by atoms with Crippen molar-refractivity contribution >= 4 is 0 Å². The molecule has 0 amide bonds. The lowest BCUT2D eigenvalue weighted by atomic mass is 10.1. The van der Waals surface area contributed by atoms with E-state index < -0.39 is 0 Å². The molecular formula is C17H28N2O2. The van der Waals surface area contributed by atoms with Crippen LogP contribution in [0.15, 0.2) is 24.3 Å². The van der Waals surface area contributed by atoms with E-state index >= 15 is 0 Å².